The van der Waals surface area contributed by atoms with E-state index in [4.69, 9.17) is 4.74 Å². The molecule has 0 spiro atoms. The van der Waals surface area contributed by atoms with Crippen molar-refractivity contribution in [2.45, 2.75) is 58.5 Å². The number of piperazine rings is 1. The molecule has 0 radical (unpaired) electrons. The summed E-state index contributed by atoms with van der Waals surface area (Å²) in [6.45, 7) is 14.9. The Bertz CT molecular complexity index is 276. The van der Waals surface area contributed by atoms with Crippen molar-refractivity contribution in [3.63, 3.8) is 0 Å². The van der Waals surface area contributed by atoms with Crippen LogP contribution in [0.1, 0.15) is 47.0 Å². The SMILES string of the molecule is CCC1(C)CN(CC2CCOCC2)C(C(C)C)CN1. The summed E-state index contributed by atoms with van der Waals surface area (Å²) in [5, 5.41) is 3.78. The second-order valence-electron chi connectivity index (χ2n) is 7.09. The average molecular weight is 268 g/mol. The molecule has 0 aromatic rings. The highest BCUT2D eigenvalue weighted by atomic mass is 16.5. The van der Waals surface area contributed by atoms with Gasteiger partial charge in [-0.15, -0.1) is 0 Å². The molecule has 0 amide bonds. The van der Waals surface area contributed by atoms with Gasteiger partial charge in [0.2, 0.25) is 0 Å². The molecule has 0 aromatic carbocycles. The van der Waals surface area contributed by atoms with Gasteiger partial charge < -0.3 is 10.1 Å². The van der Waals surface area contributed by atoms with Crippen LogP contribution in [0.4, 0.5) is 0 Å². The third kappa shape index (κ3) is 3.93. The molecule has 2 aliphatic rings. The summed E-state index contributed by atoms with van der Waals surface area (Å²) in [4.78, 5) is 2.76. The Morgan fingerprint density at radius 2 is 2.00 bits per heavy atom. The van der Waals surface area contributed by atoms with Gasteiger partial charge in [0.05, 0.1) is 0 Å². The standard InChI is InChI=1S/C16H32N2O/c1-5-16(4)12-18(15(10-17-16)13(2)3)11-14-6-8-19-9-7-14/h13-15,17H,5-12H2,1-4H3. The van der Waals surface area contributed by atoms with Gasteiger partial charge in [-0.1, -0.05) is 20.8 Å². The third-order valence-electron chi connectivity index (χ3n) is 5.14. The molecule has 3 heteroatoms. The average Bonchev–Trinajstić information content (AvgIpc) is 2.40. The maximum absolute atomic E-state index is 5.49. The van der Waals surface area contributed by atoms with E-state index in [0.717, 1.165) is 31.6 Å². The van der Waals surface area contributed by atoms with Crippen molar-refractivity contribution in [1.29, 1.82) is 0 Å². The second-order valence-corrected chi connectivity index (χ2v) is 7.09. The van der Waals surface area contributed by atoms with Crippen LogP contribution in [0.5, 0.6) is 0 Å². The fourth-order valence-electron chi connectivity index (χ4n) is 3.46. The molecule has 1 N–H and O–H groups in total. The zero-order valence-electron chi connectivity index (χ0n) is 13.2. The minimum absolute atomic E-state index is 0.302. The molecule has 19 heavy (non-hydrogen) atoms. The van der Waals surface area contributed by atoms with E-state index < -0.39 is 0 Å². The van der Waals surface area contributed by atoms with Gasteiger partial charge >= 0.3 is 0 Å². The number of nitrogens with zero attached hydrogens (tertiary/aromatic N) is 1. The quantitative estimate of drug-likeness (QED) is 0.848. The molecule has 0 saturated carbocycles. The third-order valence-corrected chi connectivity index (χ3v) is 5.14. The Balaban J connectivity index is 1.98. The van der Waals surface area contributed by atoms with E-state index in [2.05, 4.69) is 37.9 Å². The maximum Gasteiger partial charge on any atom is 0.0469 e. The fourth-order valence-corrected chi connectivity index (χ4v) is 3.46. The molecule has 2 rings (SSSR count). The molecule has 2 heterocycles. The molecule has 2 atom stereocenters. The lowest BCUT2D eigenvalue weighted by molar-refractivity contribution is 0.0131. The van der Waals surface area contributed by atoms with E-state index in [9.17, 15) is 0 Å². The number of ether oxygens (including phenoxy) is 1. The molecule has 0 bridgehead atoms. The van der Waals surface area contributed by atoms with Crippen LogP contribution < -0.4 is 5.32 Å². The monoisotopic (exact) mass is 268 g/mol. The predicted molar refractivity (Wildman–Crippen MR) is 80.4 cm³/mol. The number of hydrogen-bond donors (Lipinski definition) is 1. The molecule has 2 unspecified atom stereocenters. The predicted octanol–water partition coefficient (Wildman–Crippen LogP) is 2.51. The number of rotatable bonds is 4. The summed E-state index contributed by atoms with van der Waals surface area (Å²) in [5.41, 5.74) is 0.302. The van der Waals surface area contributed by atoms with Crippen LogP contribution in [0, 0.1) is 11.8 Å². The van der Waals surface area contributed by atoms with Crippen molar-refractivity contribution in [2.24, 2.45) is 11.8 Å². The summed E-state index contributed by atoms with van der Waals surface area (Å²) in [6, 6.07) is 0.697. The van der Waals surface area contributed by atoms with Crippen molar-refractivity contribution in [3.8, 4) is 0 Å². The van der Waals surface area contributed by atoms with Crippen molar-refractivity contribution in [2.75, 3.05) is 32.8 Å². The fraction of sp³-hybridized carbons (Fsp3) is 1.00. The van der Waals surface area contributed by atoms with Gasteiger partial charge in [-0.3, -0.25) is 4.90 Å². The van der Waals surface area contributed by atoms with E-state index in [0.29, 0.717) is 11.6 Å². The van der Waals surface area contributed by atoms with Crippen molar-refractivity contribution in [1.82, 2.24) is 10.2 Å². The first-order valence-corrected chi connectivity index (χ1v) is 8.11. The summed E-state index contributed by atoms with van der Waals surface area (Å²) >= 11 is 0. The minimum Gasteiger partial charge on any atom is -0.381 e. The zero-order chi connectivity index (χ0) is 13.9. The van der Waals surface area contributed by atoms with Gasteiger partial charge in [0.15, 0.2) is 0 Å². The molecule has 0 aliphatic carbocycles. The minimum atomic E-state index is 0.302. The molecular formula is C16H32N2O. The van der Waals surface area contributed by atoms with Gasteiger partial charge in [-0.2, -0.15) is 0 Å². The summed E-state index contributed by atoms with van der Waals surface area (Å²) < 4.78 is 5.49. The van der Waals surface area contributed by atoms with Gasteiger partial charge in [0.1, 0.15) is 0 Å². The van der Waals surface area contributed by atoms with Crippen LogP contribution >= 0.6 is 0 Å². The van der Waals surface area contributed by atoms with Crippen LogP contribution in [-0.4, -0.2) is 49.3 Å². The van der Waals surface area contributed by atoms with Crippen LogP contribution in [-0.2, 0) is 4.74 Å². The Hall–Kier alpha value is -0.120. The van der Waals surface area contributed by atoms with Gasteiger partial charge in [-0.05, 0) is 38.0 Å². The van der Waals surface area contributed by atoms with Crippen LogP contribution in [0.15, 0.2) is 0 Å². The Labute approximate surface area is 119 Å². The van der Waals surface area contributed by atoms with Gasteiger partial charge in [0.25, 0.3) is 0 Å². The van der Waals surface area contributed by atoms with Crippen LogP contribution in [0.3, 0.4) is 0 Å². The zero-order valence-corrected chi connectivity index (χ0v) is 13.2. The van der Waals surface area contributed by atoms with E-state index in [1.54, 1.807) is 0 Å². The molecule has 3 nitrogen and oxygen atoms in total. The van der Waals surface area contributed by atoms with Crippen molar-refractivity contribution < 1.29 is 4.74 Å². The highest BCUT2D eigenvalue weighted by molar-refractivity contribution is 4.95. The van der Waals surface area contributed by atoms with E-state index in [1.165, 1.54) is 32.4 Å². The first kappa shape index (κ1) is 15.3. The molecule has 2 fully saturated rings. The molecule has 2 aliphatic heterocycles. The first-order valence-electron chi connectivity index (χ1n) is 8.11. The lowest BCUT2D eigenvalue weighted by atomic mass is 9.88. The molecule has 2 saturated heterocycles. The number of hydrogen-bond acceptors (Lipinski definition) is 3. The lowest BCUT2D eigenvalue weighted by Gasteiger charge is -2.48. The maximum atomic E-state index is 5.49. The molecule has 112 valence electrons. The largest absolute Gasteiger partial charge is 0.381 e. The Morgan fingerprint density at radius 3 is 2.58 bits per heavy atom. The normalized spacial score (nSPS) is 34.9. The van der Waals surface area contributed by atoms with E-state index in [-0.39, 0.29) is 0 Å². The number of nitrogens with one attached hydrogen (secondary N) is 1. The van der Waals surface area contributed by atoms with Crippen LogP contribution in [0.2, 0.25) is 0 Å². The highest BCUT2D eigenvalue weighted by Gasteiger charge is 2.36. The smallest absolute Gasteiger partial charge is 0.0469 e. The van der Waals surface area contributed by atoms with Gasteiger partial charge in [0, 0.05) is 44.4 Å². The second kappa shape index (κ2) is 6.55. The van der Waals surface area contributed by atoms with Gasteiger partial charge in [-0.25, -0.2) is 0 Å². The topological polar surface area (TPSA) is 24.5 Å². The van der Waals surface area contributed by atoms with Crippen LogP contribution in [0.25, 0.3) is 0 Å². The molecular weight excluding hydrogens is 236 g/mol. The van der Waals surface area contributed by atoms with Crippen molar-refractivity contribution >= 4 is 0 Å². The first-order chi connectivity index (χ1) is 9.04. The summed E-state index contributed by atoms with van der Waals surface area (Å²) in [7, 11) is 0. The Morgan fingerprint density at radius 1 is 1.32 bits per heavy atom. The summed E-state index contributed by atoms with van der Waals surface area (Å²) in [5.74, 6) is 1.57. The molecule has 0 aromatic heterocycles. The lowest BCUT2D eigenvalue weighted by Crippen LogP contribution is -2.64. The Kier molecular flexibility index (Phi) is 5.27. The van der Waals surface area contributed by atoms with E-state index in [1.807, 2.05) is 0 Å². The highest BCUT2D eigenvalue weighted by Crippen LogP contribution is 2.26. The van der Waals surface area contributed by atoms with E-state index >= 15 is 0 Å². The summed E-state index contributed by atoms with van der Waals surface area (Å²) in [6.07, 6.45) is 3.71. The van der Waals surface area contributed by atoms with Crippen molar-refractivity contribution in [3.05, 3.63) is 0 Å².